The fraction of sp³-hybridized carbons (Fsp3) is 0.217. The summed E-state index contributed by atoms with van der Waals surface area (Å²) in [7, 11) is 0. The number of nitrogens with two attached hydrogens (primary N) is 1. The van der Waals surface area contributed by atoms with E-state index in [-0.39, 0.29) is 11.6 Å². The standard InChI is InChI=1S/C23H23N7O.4H2/c1-14-2-7-17-18(12-14)29-22(28-17)20-21(24)26-13-19(27-20)15-3-5-16(6-4-15)23(31)30-10-8-25-9-11-30;;;;/h2-7,12-13,25H,8-11H2,1H3,(H2,24,26)(H,28,29);4*1H. The van der Waals surface area contributed by atoms with Crippen LogP contribution in [0.5, 0.6) is 0 Å². The number of imidazole rings is 1. The topological polar surface area (TPSA) is 113 Å². The Morgan fingerprint density at radius 1 is 1.10 bits per heavy atom. The van der Waals surface area contributed by atoms with Crippen molar-refractivity contribution in [2.24, 2.45) is 0 Å². The first-order valence-electron chi connectivity index (χ1n) is 10.3. The molecule has 0 radical (unpaired) electrons. The predicted molar refractivity (Wildman–Crippen MR) is 129 cm³/mol. The molecule has 0 spiro atoms. The molecule has 8 nitrogen and oxygen atoms in total. The summed E-state index contributed by atoms with van der Waals surface area (Å²) >= 11 is 0. The highest BCUT2D eigenvalue weighted by atomic mass is 16.2. The van der Waals surface area contributed by atoms with Gasteiger partial charge in [0.25, 0.3) is 5.91 Å². The Labute approximate surface area is 185 Å². The third-order valence-electron chi connectivity index (χ3n) is 5.49. The van der Waals surface area contributed by atoms with Gasteiger partial charge in [0.1, 0.15) is 5.69 Å². The Kier molecular flexibility index (Phi) is 4.83. The maximum absolute atomic E-state index is 12.7. The van der Waals surface area contributed by atoms with E-state index >= 15 is 0 Å². The van der Waals surface area contributed by atoms with Crippen molar-refractivity contribution in [1.29, 1.82) is 0 Å². The van der Waals surface area contributed by atoms with Crippen molar-refractivity contribution in [1.82, 2.24) is 30.2 Å². The van der Waals surface area contributed by atoms with Crippen molar-refractivity contribution >= 4 is 22.8 Å². The number of nitrogen functional groups attached to an aromatic ring is 1. The number of aromatic nitrogens is 4. The number of H-pyrrole nitrogens is 1. The number of benzene rings is 2. The Hall–Kier alpha value is -3.78. The number of hydrogen-bond acceptors (Lipinski definition) is 6. The molecule has 0 unspecified atom stereocenters. The Morgan fingerprint density at radius 2 is 1.87 bits per heavy atom. The van der Waals surface area contributed by atoms with Gasteiger partial charge in [-0.3, -0.25) is 4.79 Å². The molecule has 1 fully saturated rings. The minimum absolute atomic E-state index is 0. The van der Waals surface area contributed by atoms with Gasteiger partial charge in [-0.1, -0.05) is 18.2 Å². The van der Waals surface area contributed by atoms with Crippen molar-refractivity contribution in [3.63, 3.8) is 0 Å². The summed E-state index contributed by atoms with van der Waals surface area (Å²) in [4.78, 5) is 31.5. The van der Waals surface area contributed by atoms with Crippen LogP contribution in [0.25, 0.3) is 33.8 Å². The van der Waals surface area contributed by atoms with Crippen LogP contribution in [-0.2, 0) is 0 Å². The molecule has 0 saturated carbocycles. The summed E-state index contributed by atoms with van der Waals surface area (Å²) in [5.41, 5.74) is 11.7. The molecule has 5 rings (SSSR count). The molecule has 1 aliphatic heterocycles. The molecule has 2 aromatic heterocycles. The number of rotatable bonds is 3. The predicted octanol–water partition coefficient (Wildman–Crippen LogP) is 3.61. The first-order valence-corrected chi connectivity index (χ1v) is 10.3. The summed E-state index contributed by atoms with van der Waals surface area (Å²) in [5.74, 6) is 0.942. The fourth-order valence-electron chi connectivity index (χ4n) is 3.78. The zero-order valence-corrected chi connectivity index (χ0v) is 17.2. The van der Waals surface area contributed by atoms with Crippen LogP contribution < -0.4 is 11.1 Å². The number of nitrogens with zero attached hydrogens (tertiary/aromatic N) is 4. The van der Waals surface area contributed by atoms with E-state index in [1.165, 1.54) is 0 Å². The van der Waals surface area contributed by atoms with Crippen LogP contribution in [0, 0.1) is 6.92 Å². The molecule has 1 saturated heterocycles. The molecule has 0 atom stereocenters. The normalized spacial score (nSPS) is 14.2. The van der Waals surface area contributed by atoms with E-state index < -0.39 is 0 Å². The van der Waals surface area contributed by atoms with Gasteiger partial charge in [0.15, 0.2) is 11.6 Å². The van der Waals surface area contributed by atoms with Crippen LogP contribution >= 0.6 is 0 Å². The second-order valence-corrected chi connectivity index (χ2v) is 7.71. The molecule has 164 valence electrons. The Morgan fingerprint density at radius 3 is 2.65 bits per heavy atom. The van der Waals surface area contributed by atoms with Gasteiger partial charge in [0, 0.05) is 43.0 Å². The number of carbonyl (C=O) groups excluding carboxylic acids is 1. The maximum Gasteiger partial charge on any atom is 0.253 e. The largest absolute Gasteiger partial charge is 0.382 e. The number of piperazine rings is 1. The molecule has 4 aromatic rings. The van der Waals surface area contributed by atoms with Crippen LogP contribution in [0.3, 0.4) is 0 Å². The highest BCUT2D eigenvalue weighted by molar-refractivity contribution is 5.94. The summed E-state index contributed by atoms with van der Waals surface area (Å²) in [5, 5.41) is 3.26. The van der Waals surface area contributed by atoms with Crippen LogP contribution in [0.15, 0.2) is 48.7 Å². The SMILES string of the molecule is Cc1ccc2nc(-c3nc(-c4ccc(C(=O)N5CCNCC5)cc4)cnc3N)[nH]c2c1.[HH].[HH].[HH].[HH]. The second kappa shape index (κ2) is 7.81. The van der Waals surface area contributed by atoms with E-state index in [1.54, 1.807) is 6.20 Å². The van der Waals surface area contributed by atoms with Crippen molar-refractivity contribution < 1.29 is 10.5 Å². The molecule has 3 heterocycles. The number of nitrogens with one attached hydrogen (secondary N) is 2. The highest BCUT2D eigenvalue weighted by Crippen LogP contribution is 2.26. The van der Waals surface area contributed by atoms with Gasteiger partial charge in [0.2, 0.25) is 0 Å². The quantitative estimate of drug-likeness (QED) is 0.466. The van der Waals surface area contributed by atoms with Crippen LogP contribution in [0.1, 0.15) is 21.6 Å². The van der Waals surface area contributed by atoms with Crippen molar-refractivity contribution in [2.45, 2.75) is 6.92 Å². The minimum Gasteiger partial charge on any atom is -0.382 e. The minimum atomic E-state index is 0. The first-order chi connectivity index (χ1) is 15.1. The summed E-state index contributed by atoms with van der Waals surface area (Å²) in [6, 6.07) is 13.5. The van der Waals surface area contributed by atoms with Crippen LogP contribution in [0.4, 0.5) is 5.82 Å². The average molecular weight is 422 g/mol. The lowest BCUT2D eigenvalue weighted by Crippen LogP contribution is -2.46. The highest BCUT2D eigenvalue weighted by Gasteiger charge is 2.18. The molecule has 0 bridgehead atoms. The molecular weight excluding hydrogens is 390 g/mol. The van der Waals surface area contributed by atoms with E-state index in [4.69, 9.17) is 10.7 Å². The number of hydrogen-bond donors (Lipinski definition) is 3. The number of fused-ring (bicyclic) bond motifs is 1. The van der Waals surface area contributed by atoms with Gasteiger partial charge >= 0.3 is 0 Å². The summed E-state index contributed by atoms with van der Waals surface area (Å²) in [6.45, 7) is 5.14. The third-order valence-corrected chi connectivity index (χ3v) is 5.49. The number of aryl methyl sites for hydroxylation is 1. The van der Waals surface area contributed by atoms with E-state index in [2.05, 4.69) is 20.3 Å². The summed E-state index contributed by atoms with van der Waals surface area (Å²) < 4.78 is 0. The van der Waals surface area contributed by atoms with Gasteiger partial charge in [-0.05, 0) is 36.8 Å². The smallest absolute Gasteiger partial charge is 0.253 e. The lowest BCUT2D eigenvalue weighted by atomic mass is 10.1. The molecular formula is C23H31N7O. The second-order valence-electron chi connectivity index (χ2n) is 7.71. The van der Waals surface area contributed by atoms with Crippen molar-refractivity contribution in [2.75, 3.05) is 31.9 Å². The van der Waals surface area contributed by atoms with Gasteiger partial charge in [-0.25, -0.2) is 15.0 Å². The van der Waals surface area contributed by atoms with Crippen molar-refractivity contribution in [3.8, 4) is 22.8 Å². The van der Waals surface area contributed by atoms with Gasteiger partial charge < -0.3 is 20.9 Å². The monoisotopic (exact) mass is 421 g/mol. The molecule has 2 aromatic carbocycles. The maximum atomic E-state index is 12.7. The lowest BCUT2D eigenvalue weighted by Gasteiger charge is -2.27. The number of aromatic amines is 1. The number of amides is 1. The first kappa shape index (κ1) is 19.2. The van der Waals surface area contributed by atoms with E-state index in [0.29, 0.717) is 28.6 Å². The van der Waals surface area contributed by atoms with Gasteiger partial charge in [0.05, 0.1) is 22.9 Å². The molecule has 8 heteroatoms. The Bertz CT molecular complexity index is 1270. The number of carbonyl (C=O) groups is 1. The zero-order valence-electron chi connectivity index (χ0n) is 17.2. The van der Waals surface area contributed by atoms with Gasteiger partial charge in [-0.15, -0.1) is 0 Å². The van der Waals surface area contributed by atoms with Gasteiger partial charge in [-0.2, -0.15) is 0 Å². The fourth-order valence-corrected chi connectivity index (χ4v) is 3.78. The molecule has 0 aliphatic carbocycles. The zero-order chi connectivity index (χ0) is 21.4. The van der Waals surface area contributed by atoms with E-state index in [0.717, 1.165) is 48.3 Å². The lowest BCUT2D eigenvalue weighted by molar-refractivity contribution is 0.0736. The van der Waals surface area contributed by atoms with E-state index in [9.17, 15) is 4.79 Å². The summed E-state index contributed by atoms with van der Waals surface area (Å²) in [6.07, 6.45) is 1.64. The molecule has 1 amide bonds. The van der Waals surface area contributed by atoms with Crippen LogP contribution in [-0.4, -0.2) is 56.9 Å². The Balaban J connectivity index is 0.00000153. The van der Waals surface area contributed by atoms with E-state index in [1.807, 2.05) is 54.3 Å². The molecule has 4 N–H and O–H groups in total. The van der Waals surface area contributed by atoms with Crippen LogP contribution in [0.2, 0.25) is 0 Å². The average Bonchev–Trinajstić information content (AvgIpc) is 3.22. The molecule has 31 heavy (non-hydrogen) atoms. The van der Waals surface area contributed by atoms with Crippen molar-refractivity contribution in [3.05, 3.63) is 59.8 Å². The molecule has 1 aliphatic rings. The third kappa shape index (κ3) is 3.73. The number of anilines is 1.